The number of pyridine rings is 1. The van der Waals surface area contributed by atoms with Crippen molar-refractivity contribution in [3.8, 4) is 5.75 Å². The van der Waals surface area contributed by atoms with E-state index in [2.05, 4.69) is 29.3 Å². The van der Waals surface area contributed by atoms with Crippen LogP contribution in [0.4, 0.5) is 0 Å². The van der Waals surface area contributed by atoms with Gasteiger partial charge in [-0.25, -0.2) is 0 Å². The van der Waals surface area contributed by atoms with Crippen molar-refractivity contribution < 1.29 is 4.74 Å². The van der Waals surface area contributed by atoms with Crippen LogP contribution >= 0.6 is 11.8 Å². The van der Waals surface area contributed by atoms with E-state index in [0.29, 0.717) is 0 Å². The number of nitrogens with zero attached hydrogens (tertiary/aromatic N) is 3. The third-order valence-electron chi connectivity index (χ3n) is 3.08. The van der Waals surface area contributed by atoms with Gasteiger partial charge in [0.25, 0.3) is 0 Å². The van der Waals surface area contributed by atoms with E-state index in [4.69, 9.17) is 4.74 Å². The molecule has 0 aliphatic heterocycles. The second-order valence-electron chi connectivity index (χ2n) is 4.52. The van der Waals surface area contributed by atoms with Gasteiger partial charge in [0.15, 0.2) is 10.8 Å². The van der Waals surface area contributed by atoms with Gasteiger partial charge < -0.3 is 4.74 Å². The number of hydrogen-bond donors (Lipinski definition) is 0. The number of fused-ring (bicyclic) bond motifs is 1. The quantitative estimate of drug-likeness (QED) is 0.689. The summed E-state index contributed by atoms with van der Waals surface area (Å²) in [5.74, 6) is 1.72. The van der Waals surface area contributed by atoms with Gasteiger partial charge in [-0.15, -0.1) is 10.2 Å². The van der Waals surface area contributed by atoms with Gasteiger partial charge in [0.05, 0.1) is 7.11 Å². The summed E-state index contributed by atoms with van der Waals surface area (Å²) in [5, 5.41) is 9.27. The van der Waals surface area contributed by atoms with Gasteiger partial charge in [-0.2, -0.15) is 0 Å². The van der Waals surface area contributed by atoms with Crippen LogP contribution in [0.2, 0.25) is 0 Å². The smallest absolute Gasteiger partial charge is 0.195 e. The summed E-state index contributed by atoms with van der Waals surface area (Å²) in [6.45, 7) is 2.08. The number of hydrogen-bond acceptors (Lipinski definition) is 4. The fourth-order valence-corrected chi connectivity index (χ4v) is 2.98. The number of benzene rings is 1. The van der Waals surface area contributed by atoms with Crippen molar-refractivity contribution in [3.63, 3.8) is 0 Å². The summed E-state index contributed by atoms with van der Waals surface area (Å²) < 4.78 is 7.39. The van der Waals surface area contributed by atoms with Crippen molar-refractivity contribution in [2.24, 2.45) is 0 Å². The number of thioether (sulfide) groups is 1. The van der Waals surface area contributed by atoms with Crippen LogP contribution in [0, 0.1) is 6.92 Å². The molecule has 0 amide bonds. The van der Waals surface area contributed by atoms with Crippen LogP contribution in [0.1, 0.15) is 11.1 Å². The molecule has 0 saturated carbocycles. The summed E-state index contributed by atoms with van der Waals surface area (Å²) in [6, 6.07) is 12.1. The highest BCUT2D eigenvalue weighted by Gasteiger charge is 2.08. The zero-order chi connectivity index (χ0) is 13.9. The lowest BCUT2D eigenvalue weighted by Gasteiger charge is -2.08. The molecule has 3 rings (SSSR count). The molecule has 3 aromatic rings. The molecule has 4 nitrogen and oxygen atoms in total. The minimum Gasteiger partial charge on any atom is -0.496 e. The van der Waals surface area contributed by atoms with Gasteiger partial charge in [0, 0.05) is 17.5 Å². The fourth-order valence-electron chi connectivity index (χ4n) is 2.08. The third-order valence-corrected chi connectivity index (χ3v) is 4.07. The molecule has 0 aliphatic rings. The van der Waals surface area contributed by atoms with E-state index in [-0.39, 0.29) is 0 Å². The first-order chi connectivity index (χ1) is 9.78. The van der Waals surface area contributed by atoms with E-state index >= 15 is 0 Å². The number of ether oxygens (including phenoxy) is 1. The summed E-state index contributed by atoms with van der Waals surface area (Å²) >= 11 is 1.66. The Morgan fingerprint density at radius 3 is 2.95 bits per heavy atom. The van der Waals surface area contributed by atoms with Gasteiger partial charge in [-0.3, -0.25) is 4.40 Å². The Morgan fingerprint density at radius 2 is 2.10 bits per heavy atom. The maximum absolute atomic E-state index is 5.40. The molecule has 0 aliphatic carbocycles. The van der Waals surface area contributed by atoms with Crippen LogP contribution < -0.4 is 4.74 Å². The zero-order valence-corrected chi connectivity index (χ0v) is 12.2. The maximum Gasteiger partial charge on any atom is 0.195 e. The monoisotopic (exact) mass is 285 g/mol. The van der Waals surface area contributed by atoms with Crippen LogP contribution in [-0.2, 0) is 5.75 Å². The summed E-state index contributed by atoms with van der Waals surface area (Å²) in [6.07, 6.45) is 1.98. The first-order valence-electron chi connectivity index (χ1n) is 6.34. The van der Waals surface area contributed by atoms with Crippen LogP contribution in [0.5, 0.6) is 5.75 Å². The van der Waals surface area contributed by atoms with E-state index in [1.807, 2.05) is 34.9 Å². The van der Waals surface area contributed by atoms with E-state index in [1.54, 1.807) is 18.9 Å². The van der Waals surface area contributed by atoms with Crippen molar-refractivity contribution in [1.29, 1.82) is 0 Å². The van der Waals surface area contributed by atoms with Gasteiger partial charge in [-0.1, -0.05) is 35.5 Å². The molecule has 2 aromatic heterocycles. The molecular formula is C15H15N3OS. The highest BCUT2D eigenvalue weighted by atomic mass is 32.2. The Bertz CT molecular complexity index is 739. The molecule has 0 radical (unpaired) electrons. The predicted molar refractivity (Wildman–Crippen MR) is 80.3 cm³/mol. The highest BCUT2D eigenvalue weighted by Crippen LogP contribution is 2.28. The largest absolute Gasteiger partial charge is 0.496 e. The Kier molecular flexibility index (Phi) is 3.60. The van der Waals surface area contributed by atoms with Crippen molar-refractivity contribution in [2.75, 3.05) is 7.11 Å². The summed E-state index contributed by atoms with van der Waals surface area (Å²) in [7, 11) is 1.70. The van der Waals surface area contributed by atoms with Crippen LogP contribution in [0.3, 0.4) is 0 Å². The molecule has 20 heavy (non-hydrogen) atoms. The van der Waals surface area contributed by atoms with Gasteiger partial charge in [0.2, 0.25) is 0 Å². The van der Waals surface area contributed by atoms with Crippen LogP contribution in [-0.4, -0.2) is 21.7 Å². The first kappa shape index (κ1) is 13.0. The minimum atomic E-state index is 0.806. The normalized spacial score (nSPS) is 10.9. The van der Waals surface area contributed by atoms with Gasteiger partial charge in [-0.05, 0) is 25.1 Å². The molecule has 0 bridgehead atoms. The molecule has 2 heterocycles. The lowest BCUT2D eigenvalue weighted by atomic mass is 10.1. The van der Waals surface area contributed by atoms with Crippen molar-refractivity contribution in [3.05, 3.63) is 53.7 Å². The van der Waals surface area contributed by atoms with E-state index in [9.17, 15) is 0 Å². The second kappa shape index (κ2) is 5.54. The van der Waals surface area contributed by atoms with E-state index in [0.717, 1.165) is 22.3 Å². The predicted octanol–water partition coefficient (Wildman–Crippen LogP) is 3.34. The van der Waals surface area contributed by atoms with Crippen molar-refractivity contribution >= 4 is 17.4 Å². The van der Waals surface area contributed by atoms with Crippen LogP contribution in [0.25, 0.3) is 5.65 Å². The molecule has 0 unspecified atom stereocenters. The Labute approximate surface area is 121 Å². The topological polar surface area (TPSA) is 39.4 Å². The average Bonchev–Trinajstić information content (AvgIpc) is 2.88. The number of aryl methyl sites for hydroxylation is 1. The molecule has 102 valence electrons. The van der Waals surface area contributed by atoms with Crippen molar-refractivity contribution in [2.45, 2.75) is 17.8 Å². The summed E-state index contributed by atoms with van der Waals surface area (Å²) in [4.78, 5) is 0. The molecule has 5 heteroatoms. The molecule has 0 saturated heterocycles. The van der Waals surface area contributed by atoms with E-state index in [1.165, 1.54) is 11.1 Å². The average molecular weight is 285 g/mol. The Hall–Kier alpha value is -2.01. The SMILES string of the molecule is COc1ccc(C)cc1CSc1nnc2ccccn12. The molecule has 0 fully saturated rings. The Morgan fingerprint density at radius 1 is 1.20 bits per heavy atom. The minimum absolute atomic E-state index is 0.806. The molecule has 1 aromatic carbocycles. The number of rotatable bonds is 4. The molecular weight excluding hydrogens is 270 g/mol. The number of methoxy groups -OCH3 is 1. The summed E-state index contributed by atoms with van der Waals surface area (Å²) in [5.41, 5.74) is 3.27. The van der Waals surface area contributed by atoms with Gasteiger partial charge >= 0.3 is 0 Å². The lowest BCUT2D eigenvalue weighted by molar-refractivity contribution is 0.411. The highest BCUT2D eigenvalue weighted by molar-refractivity contribution is 7.98. The lowest BCUT2D eigenvalue weighted by Crippen LogP contribution is -1.92. The molecule has 0 spiro atoms. The second-order valence-corrected chi connectivity index (χ2v) is 5.46. The van der Waals surface area contributed by atoms with Gasteiger partial charge in [0.1, 0.15) is 5.75 Å². The molecule has 0 atom stereocenters. The fraction of sp³-hybridized carbons (Fsp3) is 0.200. The first-order valence-corrected chi connectivity index (χ1v) is 7.32. The zero-order valence-electron chi connectivity index (χ0n) is 11.4. The van der Waals surface area contributed by atoms with E-state index < -0.39 is 0 Å². The Balaban J connectivity index is 1.84. The van der Waals surface area contributed by atoms with Crippen molar-refractivity contribution in [1.82, 2.24) is 14.6 Å². The standard InChI is InChI=1S/C15H15N3OS/c1-11-6-7-13(19-2)12(9-11)10-20-15-17-16-14-5-3-4-8-18(14)15/h3-9H,10H2,1-2H3. The number of aromatic nitrogens is 3. The maximum atomic E-state index is 5.40. The molecule has 0 N–H and O–H groups in total. The third kappa shape index (κ3) is 2.49. The van der Waals surface area contributed by atoms with Crippen LogP contribution in [0.15, 0.2) is 47.8 Å².